The van der Waals surface area contributed by atoms with E-state index in [-0.39, 0.29) is 5.41 Å². The van der Waals surface area contributed by atoms with Crippen LogP contribution in [0.4, 0.5) is 5.69 Å². The monoisotopic (exact) mass is 427 g/mol. The first-order valence-corrected chi connectivity index (χ1v) is 12.8. The Bertz CT molecular complexity index is 666. The summed E-state index contributed by atoms with van der Waals surface area (Å²) in [5.74, 6) is 1.70. The molecule has 2 unspecified atom stereocenters. The zero-order chi connectivity index (χ0) is 22.8. The van der Waals surface area contributed by atoms with Crippen molar-refractivity contribution >= 4 is 5.69 Å². The number of benzene rings is 1. The molecule has 2 aliphatic heterocycles. The molecule has 176 valence electrons. The third-order valence-corrected chi connectivity index (χ3v) is 8.04. The number of piperazine rings is 1. The Morgan fingerprint density at radius 2 is 1.35 bits per heavy atom. The third kappa shape index (κ3) is 6.48. The van der Waals surface area contributed by atoms with Gasteiger partial charge in [-0.05, 0) is 81.9 Å². The van der Waals surface area contributed by atoms with Crippen LogP contribution < -0.4 is 4.90 Å². The molecule has 2 fully saturated rings. The second-order valence-electron chi connectivity index (χ2n) is 12.4. The van der Waals surface area contributed by atoms with Crippen molar-refractivity contribution in [2.24, 2.45) is 11.8 Å². The predicted molar refractivity (Wildman–Crippen MR) is 136 cm³/mol. The maximum atomic E-state index is 2.74. The van der Waals surface area contributed by atoms with E-state index in [1.54, 1.807) is 0 Å². The van der Waals surface area contributed by atoms with Gasteiger partial charge in [-0.15, -0.1) is 0 Å². The molecule has 0 amide bonds. The summed E-state index contributed by atoms with van der Waals surface area (Å²) in [6.45, 7) is 26.2. The normalized spacial score (nSPS) is 22.5. The molecule has 2 saturated heterocycles. The van der Waals surface area contributed by atoms with Crippen LogP contribution in [0.25, 0.3) is 0 Å². The molecule has 2 heterocycles. The summed E-state index contributed by atoms with van der Waals surface area (Å²) < 4.78 is 0. The van der Waals surface area contributed by atoms with E-state index in [0.29, 0.717) is 11.6 Å². The molecule has 2 aliphatic rings. The van der Waals surface area contributed by atoms with Gasteiger partial charge in [0.15, 0.2) is 0 Å². The van der Waals surface area contributed by atoms with Crippen LogP contribution in [0.15, 0.2) is 24.3 Å². The Kier molecular flexibility index (Phi) is 7.79. The van der Waals surface area contributed by atoms with Gasteiger partial charge < -0.3 is 4.90 Å². The Balaban J connectivity index is 1.44. The van der Waals surface area contributed by atoms with E-state index in [2.05, 4.69) is 94.4 Å². The van der Waals surface area contributed by atoms with Gasteiger partial charge in [-0.2, -0.15) is 0 Å². The molecule has 31 heavy (non-hydrogen) atoms. The molecule has 3 nitrogen and oxygen atoms in total. The van der Waals surface area contributed by atoms with Gasteiger partial charge in [0.2, 0.25) is 0 Å². The Morgan fingerprint density at radius 3 is 1.84 bits per heavy atom. The Labute approximate surface area is 193 Å². The molecule has 0 saturated carbocycles. The van der Waals surface area contributed by atoms with Crippen LogP contribution in [-0.4, -0.2) is 60.6 Å². The van der Waals surface area contributed by atoms with Crippen LogP contribution >= 0.6 is 0 Å². The van der Waals surface area contributed by atoms with Crippen LogP contribution in [0.2, 0.25) is 0 Å². The summed E-state index contributed by atoms with van der Waals surface area (Å²) in [5, 5.41) is 0. The number of nitrogens with zero attached hydrogens (tertiary/aromatic N) is 3. The summed E-state index contributed by atoms with van der Waals surface area (Å²) in [6, 6.07) is 10.0. The molecular formula is C28H49N3. The second-order valence-corrected chi connectivity index (χ2v) is 12.4. The number of hydrogen-bond donors (Lipinski definition) is 0. The van der Waals surface area contributed by atoms with Gasteiger partial charge in [0, 0.05) is 56.5 Å². The second kappa shape index (κ2) is 9.83. The highest BCUT2D eigenvalue weighted by atomic mass is 15.3. The summed E-state index contributed by atoms with van der Waals surface area (Å²) in [4.78, 5) is 7.98. The third-order valence-electron chi connectivity index (χ3n) is 8.04. The minimum absolute atomic E-state index is 0.233. The summed E-state index contributed by atoms with van der Waals surface area (Å²) in [6.07, 6.45) is 4.03. The smallest absolute Gasteiger partial charge is 0.0366 e. The topological polar surface area (TPSA) is 9.72 Å². The lowest BCUT2D eigenvalue weighted by Crippen LogP contribution is -2.55. The van der Waals surface area contributed by atoms with Crippen molar-refractivity contribution in [2.45, 2.75) is 91.6 Å². The van der Waals surface area contributed by atoms with E-state index in [1.807, 2.05) is 0 Å². The number of piperidine rings is 1. The molecule has 3 rings (SSSR count). The van der Waals surface area contributed by atoms with Crippen molar-refractivity contribution in [3.8, 4) is 0 Å². The number of anilines is 1. The number of rotatable bonds is 5. The van der Waals surface area contributed by atoms with E-state index in [4.69, 9.17) is 0 Å². The predicted octanol–water partition coefficient (Wildman–Crippen LogP) is 6.03. The lowest BCUT2D eigenvalue weighted by atomic mass is 9.81. The molecule has 0 bridgehead atoms. The summed E-state index contributed by atoms with van der Waals surface area (Å²) >= 11 is 0. The summed E-state index contributed by atoms with van der Waals surface area (Å²) in [5.41, 5.74) is 3.38. The fourth-order valence-corrected chi connectivity index (χ4v) is 5.61. The first-order chi connectivity index (χ1) is 14.4. The average molecular weight is 428 g/mol. The van der Waals surface area contributed by atoms with Crippen LogP contribution in [0.3, 0.4) is 0 Å². The SMILES string of the molecule is CC(CC(C)N1CCN(C(C)(C)C)CC1)C1CCN(c2ccc(C(C)(C)C)cc2)CC1. The Hall–Kier alpha value is -1.06. The molecule has 3 heteroatoms. The fraction of sp³-hybridized carbons (Fsp3) is 0.786. The van der Waals surface area contributed by atoms with Gasteiger partial charge >= 0.3 is 0 Å². The van der Waals surface area contributed by atoms with Crippen molar-refractivity contribution in [3.05, 3.63) is 29.8 Å². The number of hydrogen-bond acceptors (Lipinski definition) is 3. The van der Waals surface area contributed by atoms with Crippen molar-refractivity contribution in [1.29, 1.82) is 0 Å². The van der Waals surface area contributed by atoms with Crippen LogP contribution in [0, 0.1) is 11.8 Å². The first-order valence-electron chi connectivity index (χ1n) is 12.8. The molecule has 0 aliphatic carbocycles. The van der Waals surface area contributed by atoms with E-state index in [9.17, 15) is 0 Å². The largest absolute Gasteiger partial charge is 0.372 e. The average Bonchev–Trinajstić information content (AvgIpc) is 2.73. The van der Waals surface area contributed by atoms with E-state index >= 15 is 0 Å². The van der Waals surface area contributed by atoms with Crippen LogP contribution in [0.1, 0.15) is 80.2 Å². The lowest BCUT2D eigenvalue weighted by Gasteiger charge is -2.45. The minimum atomic E-state index is 0.233. The van der Waals surface area contributed by atoms with Crippen molar-refractivity contribution in [3.63, 3.8) is 0 Å². The van der Waals surface area contributed by atoms with E-state index < -0.39 is 0 Å². The standard InChI is InChI=1S/C28H49N3/c1-22(21-23(2)29-17-19-31(20-18-29)28(6,7)8)24-13-15-30(16-14-24)26-11-9-25(10-12-26)27(3,4)5/h9-12,22-24H,13-21H2,1-8H3. The quantitative estimate of drug-likeness (QED) is 0.568. The van der Waals surface area contributed by atoms with Gasteiger partial charge in [0.1, 0.15) is 0 Å². The van der Waals surface area contributed by atoms with Gasteiger partial charge in [0.25, 0.3) is 0 Å². The lowest BCUT2D eigenvalue weighted by molar-refractivity contribution is 0.0381. The zero-order valence-electron chi connectivity index (χ0n) is 21.7. The van der Waals surface area contributed by atoms with Crippen LogP contribution in [-0.2, 0) is 5.41 Å². The van der Waals surface area contributed by atoms with Crippen molar-refractivity contribution < 1.29 is 0 Å². The zero-order valence-corrected chi connectivity index (χ0v) is 21.7. The highest BCUT2D eigenvalue weighted by molar-refractivity contribution is 5.48. The first kappa shape index (κ1) is 24.6. The van der Waals surface area contributed by atoms with E-state index in [0.717, 1.165) is 11.8 Å². The van der Waals surface area contributed by atoms with Gasteiger partial charge in [-0.1, -0.05) is 39.8 Å². The fourth-order valence-electron chi connectivity index (χ4n) is 5.61. The highest BCUT2D eigenvalue weighted by Crippen LogP contribution is 2.32. The molecule has 0 N–H and O–H groups in total. The molecule has 2 atom stereocenters. The van der Waals surface area contributed by atoms with Gasteiger partial charge in [0.05, 0.1) is 0 Å². The highest BCUT2D eigenvalue weighted by Gasteiger charge is 2.30. The van der Waals surface area contributed by atoms with Gasteiger partial charge in [-0.25, -0.2) is 0 Å². The molecule has 0 radical (unpaired) electrons. The molecule has 0 aromatic heterocycles. The Morgan fingerprint density at radius 1 is 0.806 bits per heavy atom. The van der Waals surface area contributed by atoms with Crippen molar-refractivity contribution in [1.82, 2.24) is 9.80 Å². The molecular weight excluding hydrogens is 378 g/mol. The van der Waals surface area contributed by atoms with Gasteiger partial charge in [-0.3, -0.25) is 9.80 Å². The maximum Gasteiger partial charge on any atom is 0.0366 e. The minimum Gasteiger partial charge on any atom is -0.372 e. The van der Waals surface area contributed by atoms with Crippen LogP contribution in [0.5, 0.6) is 0 Å². The van der Waals surface area contributed by atoms with E-state index in [1.165, 1.54) is 69.8 Å². The molecule has 0 spiro atoms. The van der Waals surface area contributed by atoms with Crippen molar-refractivity contribution in [2.75, 3.05) is 44.2 Å². The summed E-state index contributed by atoms with van der Waals surface area (Å²) in [7, 11) is 0. The molecule has 1 aromatic rings. The maximum absolute atomic E-state index is 2.74. The molecule has 1 aromatic carbocycles.